The summed E-state index contributed by atoms with van der Waals surface area (Å²) >= 11 is 0. The predicted octanol–water partition coefficient (Wildman–Crippen LogP) is 9.60. The maximum Gasteiger partial charge on any atom is 0.198 e. The Morgan fingerprint density at radius 3 is 1.68 bits per heavy atom. The minimum atomic E-state index is -0.310. The number of nitrogens with zero attached hydrogens (tertiary/aromatic N) is 7. The molecular formula is C42H26FN7. The Kier molecular flexibility index (Phi) is 7.17. The molecule has 8 heteroatoms. The van der Waals surface area contributed by atoms with Crippen molar-refractivity contribution in [1.29, 1.82) is 0 Å². The first kappa shape index (κ1) is 29.2. The number of aromatic nitrogens is 7. The predicted molar refractivity (Wildman–Crippen MR) is 194 cm³/mol. The minimum absolute atomic E-state index is 0.310. The molecular weight excluding hydrogens is 622 g/mol. The van der Waals surface area contributed by atoms with Crippen LogP contribution < -0.4 is 0 Å². The van der Waals surface area contributed by atoms with Gasteiger partial charge in [0.15, 0.2) is 23.1 Å². The Balaban J connectivity index is 1.06. The van der Waals surface area contributed by atoms with Crippen LogP contribution in [0.4, 0.5) is 4.39 Å². The molecule has 7 nitrogen and oxygen atoms in total. The van der Waals surface area contributed by atoms with Crippen LogP contribution in [0.25, 0.3) is 84.2 Å². The van der Waals surface area contributed by atoms with E-state index >= 15 is 0 Å². The van der Waals surface area contributed by atoms with Gasteiger partial charge in [0.05, 0.1) is 11.4 Å². The summed E-state index contributed by atoms with van der Waals surface area (Å²) in [6, 6.07) is 44.9. The third-order valence-corrected chi connectivity index (χ3v) is 8.66. The number of halogens is 1. The number of hydrogen-bond donors (Lipinski definition) is 0. The lowest BCUT2D eigenvalue weighted by Crippen LogP contribution is -1.99. The summed E-state index contributed by atoms with van der Waals surface area (Å²) < 4.78 is 15.6. The Morgan fingerprint density at radius 2 is 1.00 bits per heavy atom. The van der Waals surface area contributed by atoms with E-state index in [0.29, 0.717) is 28.9 Å². The number of benzene rings is 5. The molecule has 0 saturated carbocycles. The Bertz CT molecular complexity index is 2620. The summed E-state index contributed by atoms with van der Waals surface area (Å²) in [6.07, 6.45) is 5.56. The van der Waals surface area contributed by atoms with E-state index in [1.54, 1.807) is 24.5 Å². The van der Waals surface area contributed by atoms with Gasteiger partial charge in [0.25, 0.3) is 0 Å². The van der Waals surface area contributed by atoms with Gasteiger partial charge in [-0.3, -0.25) is 0 Å². The number of fused-ring (bicyclic) bond motifs is 2. The Labute approximate surface area is 286 Å². The van der Waals surface area contributed by atoms with Crippen LogP contribution in [0.5, 0.6) is 0 Å². The highest BCUT2D eigenvalue weighted by Crippen LogP contribution is 2.30. The van der Waals surface area contributed by atoms with E-state index in [2.05, 4.69) is 42.5 Å². The van der Waals surface area contributed by atoms with Crippen LogP contribution in [0.1, 0.15) is 0 Å². The molecule has 4 heterocycles. The monoisotopic (exact) mass is 647 g/mol. The molecule has 9 rings (SSSR count). The van der Waals surface area contributed by atoms with Gasteiger partial charge >= 0.3 is 0 Å². The third-order valence-electron chi connectivity index (χ3n) is 8.66. The highest BCUT2D eigenvalue weighted by molar-refractivity contribution is 5.89. The van der Waals surface area contributed by atoms with Gasteiger partial charge in [-0.2, -0.15) is 0 Å². The maximum atomic E-state index is 13.8. The highest BCUT2D eigenvalue weighted by atomic mass is 19.1. The molecule has 0 aliphatic heterocycles. The van der Waals surface area contributed by atoms with E-state index in [9.17, 15) is 4.39 Å². The standard InChI is InChI=1S/C42H26FN7/c43-36-19-17-30(18-20-36)38-23-37(29-13-11-28(12-14-29)27-7-3-1-4-8-27)46-42(47-38)41-44-24-35(25-45-41)32-15-16-33-22-39-48-40(31-9-5-2-6-10-31)49-50(39)26-34(33)21-32/h1-26H. The van der Waals surface area contributed by atoms with Crippen molar-refractivity contribution in [2.75, 3.05) is 0 Å². The number of pyridine rings is 1. The van der Waals surface area contributed by atoms with Crippen LogP contribution in [-0.2, 0) is 0 Å². The summed E-state index contributed by atoms with van der Waals surface area (Å²) in [6.45, 7) is 0. The molecule has 0 N–H and O–H groups in total. The summed E-state index contributed by atoms with van der Waals surface area (Å²) in [5.41, 5.74) is 8.86. The van der Waals surface area contributed by atoms with Crippen molar-refractivity contribution in [3.05, 3.63) is 164 Å². The fraction of sp³-hybridized carbons (Fsp3) is 0. The molecule has 0 spiro atoms. The van der Waals surface area contributed by atoms with Crippen molar-refractivity contribution in [2.24, 2.45) is 0 Å². The zero-order valence-electron chi connectivity index (χ0n) is 26.5. The van der Waals surface area contributed by atoms with E-state index in [0.717, 1.165) is 55.4 Å². The second kappa shape index (κ2) is 12.3. The highest BCUT2D eigenvalue weighted by Gasteiger charge is 2.14. The van der Waals surface area contributed by atoms with Gasteiger partial charge in [-0.15, -0.1) is 5.10 Å². The van der Waals surface area contributed by atoms with Crippen molar-refractivity contribution in [3.63, 3.8) is 0 Å². The first-order valence-corrected chi connectivity index (χ1v) is 16.1. The molecule has 50 heavy (non-hydrogen) atoms. The largest absolute Gasteiger partial charge is 0.233 e. The summed E-state index contributed by atoms with van der Waals surface area (Å²) in [7, 11) is 0. The van der Waals surface area contributed by atoms with Crippen molar-refractivity contribution in [2.45, 2.75) is 0 Å². The van der Waals surface area contributed by atoms with Crippen molar-refractivity contribution >= 4 is 16.4 Å². The normalized spacial score (nSPS) is 11.3. The van der Waals surface area contributed by atoms with Crippen LogP contribution in [0.3, 0.4) is 0 Å². The third kappa shape index (κ3) is 5.65. The number of hydrogen-bond acceptors (Lipinski definition) is 6. The maximum absolute atomic E-state index is 13.8. The van der Waals surface area contributed by atoms with E-state index in [1.807, 2.05) is 83.5 Å². The lowest BCUT2D eigenvalue weighted by Gasteiger charge is -2.10. The fourth-order valence-corrected chi connectivity index (χ4v) is 6.03. The van der Waals surface area contributed by atoms with E-state index in [-0.39, 0.29) is 5.82 Å². The van der Waals surface area contributed by atoms with Gasteiger partial charge in [-0.1, -0.05) is 97.1 Å². The Morgan fingerprint density at radius 1 is 0.420 bits per heavy atom. The second-order valence-corrected chi connectivity index (χ2v) is 11.9. The minimum Gasteiger partial charge on any atom is -0.233 e. The zero-order valence-corrected chi connectivity index (χ0v) is 26.5. The SMILES string of the molecule is Fc1ccc(-c2cc(-c3ccc(-c4ccccc4)cc3)nc(-c3ncc(-c4ccc5cc6nc(-c7ccccc7)nn6cc5c4)cn3)n2)cc1. The first-order chi connectivity index (χ1) is 24.6. The van der Waals surface area contributed by atoms with Crippen LogP contribution >= 0.6 is 0 Å². The van der Waals surface area contributed by atoms with Gasteiger partial charge in [-0.05, 0) is 64.5 Å². The van der Waals surface area contributed by atoms with Crippen LogP contribution in [-0.4, -0.2) is 34.5 Å². The quantitative estimate of drug-likeness (QED) is 0.179. The molecule has 0 saturated heterocycles. The van der Waals surface area contributed by atoms with Gasteiger partial charge in [0, 0.05) is 46.2 Å². The molecule has 236 valence electrons. The number of rotatable bonds is 6. The van der Waals surface area contributed by atoms with Crippen molar-refractivity contribution in [3.8, 4) is 67.8 Å². The molecule has 0 amide bonds. The molecule has 0 radical (unpaired) electrons. The summed E-state index contributed by atoms with van der Waals surface area (Å²) in [5.74, 6) is 1.14. The van der Waals surface area contributed by atoms with Gasteiger partial charge in [0.2, 0.25) is 0 Å². The van der Waals surface area contributed by atoms with Crippen LogP contribution in [0.2, 0.25) is 0 Å². The molecule has 0 bridgehead atoms. The average Bonchev–Trinajstić information content (AvgIpc) is 3.61. The molecule has 0 atom stereocenters. The molecule has 5 aromatic carbocycles. The zero-order chi connectivity index (χ0) is 33.4. The van der Waals surface area contributed by atoms with Gasteiger partial charge in [0.1, 0.15) is 5.82 Å². The molecule has 0 fully saturated rings. The molecule has 0 aliphatic carbocycles. The second-order valence-electron chi connectivity index (χ2n) is 11.9. The molecule has 0 aliphatic rings. The Hall–Kier alpha value is -6.93. The topological polar surface area (TPSA) is 81.8 Å². The molecule has 9 aromatic rings. The van der Waals surface area contributed by atoms with E-state index in [1.165, 1.54) is 12.1 Å². The lowest BCUT2D eigenvalue weighted by atomic mass is 10.0. The van der Waals surface area contributed by atoms with Crippen LogP contribution in [0, 0.1) is 5.82 Å². The van der Waals surface area contributed by atoms with Crippen molar-refractivity contribution in [1.82, 2.24) is 34.5 Å². The van der Waals surface area contributed by atoms with Crippen LogP contribution in [0.15, 0.2) is 158 Å². The summed E-state index contributed by atoms with van der Waals surface area (Å²) in [5, 5.41) is 6.78. The van der Waals surface area contributed by atoms with Gasteiger partial charge < -0.3 is 0 Å². The summed E-state index contributed by atoms with van der Waals surface area (Å²) in [4.78, 5) is 23.8. The molecule has 0 unspecified atom stereocenters. The van der Waals surface area contributed by atoms with Crippen molar-refractivity contribution < 1.29 is 4.39 Å². The van der Waals surface area contributed by atoms with Gasteiger partial charge in [-0.25, -0.2) is 33.8 Å². The smallest absolute Gasteiger partial charge is 0.198 e. The lowest BCUT2D eigenvalue weighted by molar-refractivity contribution is 0.628. The van der Waals surface area contributed by atoms with E-state index < -0.39 is 0 Å². The first-order valence-electron chi connectivity index (χ1n) is 16.1. The van der Waals surface area contributed by atoms with E-state index in [4.69, 9.17) is 30.0 Å². The fourth-order valence-electron chi connectivity index (χ4n) is 6.03. The molecule has 4 aromatic heterocycles. The average molecular weight is 648 g/mol.